The Balaban J connectivity index is 2.05. The Bertz CT molecular complexity index is 775. The Morgan fingerprint density at radius 3 is 2.81 bits per heavy atom. The number of carbonyl (C=O) groups excluding carboxylic acids is 1. The number of benzene rings is 1. The minimum atomic E-state index is -2.94. The minimum Gasteiger partial charge on any atom is -0.490 e. The number of unbranched alkanes of at least 4 members (excludes halogenated alkanes) is 1. The monoisotopic (exact) mass is 379 g/mol. The summed E-state index contributed by atoms with van der Waals surface area (Å²) in [5.41, 5.74) is 0.620. The highest BCUT2D eigenvalue weighted by atomic mass is 19.3. The second kappa shape index (κ2) is 10.3. The normalized spacial score (nSPS) is 11.1. The van der Waals surface area contributed by atoms with Crippen molar-refractivity contribution in [2.45, 2.75) is 39.8 Å². The lowest BCUT2D eigenvalue weighted by Crippen LogP contribution is -2.13. The zero-order valence-electron chi connectivity index (χ0n) is 15.3. The molecule has 0 unspecified atom stereocenters. The van der Waals surface area contributed by atoms with Gasteiger partial charge in [0.2, 0.25) is 5.91 Å². The van der Waals surface area contributed by atoms with E-state index < -0.39 is 6.61 Å². The van der Waals surface area contributed by atoms with Gasteiger partial charge in [-0.25, -0.2) is 4.68 Å². The van der Waals surface area contributed by atoms with Gasteiger partial charge in [0.25, 0.3) is 0 Å². The lowest BCUT2D eigenvalue weighted by molar-refractivity contribution is -0.111. The van der Waals surface area contributed by atoms with E-state index in [9.17, 15) is 13.6 Å². The standard InChI is InChI=1S/C19H23F2N3O3/c1-3-5-12-24-17(10-11-22-24)23-18(25)9-7-14-6-8-15(27-19(20)21)16(13-14)26-4-2/h6-11,13,19H,3-5,12H2,1-2H3,(H,23,25)/b9-7+. The molecule has 0 bridgehead atoms. The third kappa shape index (κ3) is 6.40. The van der Waals surface area contributed by atoms with Crippen LogP contribution in [0.2, 0.25) is 0 Å². The first kappa shape index (κ1) is 20.4. The molecule has 0 fully saturated rings. The number of carbonyl (C=O) groups is 1. The second-order valence-electron chi connectivity index (χ2n) is 5.63. The number of anilines is 1. The van der Waals surface area contributed by atoms with E-state index in [0.29, 0.717) is 18.0 Å². The topological polar surface area (TPSA) is 65.4 Å². The maximum Gasteiger partial charge on any atom is 0.387 e. The number of aromatic nitrogens is 2. The highest BCUT2D eigenvalue weighted by Crippen LogP contribution is 2.30. The molecule has 0 aliphatic carbocycles. The van der Waals surface area contributed by atoms with Crippen molar-refractivity contribution < 1.29 is 23.0 Å². The van der Waals surface area contributed by atoms with Crippen molar-refractivity contribution in [1.29, 1.82) is 0 Å². The second-order valence-corrected chi connectivity index (χ2v) is 5.63. The average molecular weight is 379 g/mol. The molecule has 0 saturated heterocycles. The summed E-state index contributed by atoms with van der Waals surface area (Å²) < 4.78 is 36.3. The molecule has 1 N–H and O–H groups in total. The summed E-state index contributed by atoms with van der Waals surface area (Å²) in [4.78, 5) is 12.1. The number of nitrogens with one attached hydrogen (secondary N) is 1. The number of hydrogen-bond acceptors (Lipinski definition) is 4. The fourth-order valence-corrected chi connectivity index (χ4v) is 2.35. The number of nitrogens with zero attached hydrogens (tertiary/aromatic N) is 2. The quantitative estimate of drug-likeness (QED) is 0.624. The van der Waals surface area contributed by atoms with Crippen LogP contribution in [0.4, 0.5) is 14.6 Å². The summed E-state index contributed by atoms with van der Waals surface area (Å²) in [6.45, 7) is 1.91. The molecule has 0 aliphatic heterocycles. The Morgan fingerprint density at radius 1 is 1.30 bits per heavy atom. The molecule has 1 heterocycles. The first-order valence-corrected chi connectivity index (χ1v) is 8.76. The predicted molar refractivity (Wildman–Crippen MR) is 99.0 cm³/mol. The lowest BCUT2D eigenvalue weighted by Gasteiger charge is -2.11. The molecule has 0 aliphatic rings. The molecular weight excluding hydrogens is 356 g/mol. The van der Waals surface area contributed by atoms with Gasteiger partial charge >= 0.3 is 6.61 Å². The van der Waals surface area contributed by atoms with E-state index in [4.69, 9.17) is 4.74 Å². The SMILES string of the molecule is CCCCn1nccc1NC(=O)/C=C/c1ccc(OC(F)F)c(OCC)c1. The molecule has 1 aromatic heterocycles. The summed E-state index contributed by atoms with van der Waals surface area (Å²) in [7, 11) is 0. The molecular formula is C19H23F2N3O3. The molecule has 8 heteroatoms. The zero-order valence-corrected chi connectivity index (χ0v) is 15.3. The van der Waals surface area contributed by atoms with Crippen LogP contribution in [0.15, 0.2) is 36.5 Å². The van der Waals surface area contributed by atoms with Crippen molar-refractivity contribution in [2.24, 2.45) is 0 Å². The molecule has 146 valence electrons. The van der Waals surface area contributed by atoms with E-state index in [0.717, 1.165) is 19.4 Å². The maximum absolute atomic E-state index is 12.4. The van der Waals surface area contributed by atoms with Crippen LogP contribution < -0.4 is 14.8 Å². The van der Waals surface area contributed by atoms with Gasteiger partial charge in [-0.05, 0) is 37.1 Å². The van der Waals surface area contributed by atoms with Crippen LogP contribution in [0.5, 0.6) is 11.5 Å². The number of halogens is 2. The summed E-state index contributed by atoms with van der Waals surface area (Å²) in [5.74, 6) is 0.444. The molecule has 2 aromatic rings. The van der Waals surface area contributed by atoms with Crippen molar-refractivity contribution in [3.05, 3.63) is 42.1 Å². The van der Waals surface area contributed by atoms with E-state index in [1.165, 1.54) is 18.2 Å². The van der Waals surface area contributed by atoms with Crippen molar-refractivity contribution in [1.82, 2.24) is 9.78 Å². The van der Waals surface area contributed by atoms with E-state index in [1.54, 1.807) is 36.0 Å². The van der Waals surface area contributed by atoms with Crippen LogP contribution in [-0.2, 0) is 11.3 Å². The lowest BCUT2D eigenvalue weighted by atomic mass is 10.2. The zero-order chi connectivity index (χ0) is 19.6. The number of amides is 1. The minimum absolute atomic E-state index is 0.0479. The molecule has 0 atom stereocenters. The van der Waals surface area contributed by atoms with Gasteiger partial charge in [0.15, 0.2) is 11.5 Å². The first-order valence-electron chi connectivity index (χ1n) is 8.76. The third-order valence-corrected chi connectivity index (χ3v) is 3.60. The molecule has 1 aromatic carbocycles. The molecule has 27 heavy (non-hydrogen) atoms. The van der Waals surface area contributed by atoms with Gasteiger partial charge in [-0.1, -0.05) is 19.4 Å². The van der Waals surface area contributed by atoms with Gasteiger partial charge in [-0.3, -0.25) is 4.79 Å². The van der Waals surface area contributed by atoms with Crippen molar-refractivity contribution in [3.63, 3.8) is 0 Å². The van der Waals surface area contributed by atoms with E-state index in [2.05, 4.69) is 22.1 Å². The highest BCUT2D eigenvalue weighted by molar-refractivity contribution is 6.01. The van der Waals surface area contributed by atoms with E-state index in [-0.39, 0.29) is 17.4 Å². The maximum atomic E-state index is 12.4. The molecule has 1 amide bonds. The summed E-state index contributed by atoms with van der Waals surface area (Å²) >= 11 is 0. The molecule has 2 rings (SSSR count). The number of alkyl halides is 2. The van der Waals surface area contributed by atoms with Gasteiger partial charge in [-0.2, -0.15) is 13.9 Å². The predicted octanol–water partition coefficient (Wildman–Crippen LogP) is 4.34. The third-order valence-electron chi connectivity index (χ3n) is 3.60. The number of hydrogen-bond donors (Lipinski definition) is 1. The van der Waals surface area contributed by atoms with Crippen LogP contribution in [0.25, 0.3) is 6.08 Å². The van der Waals surface area contributed by atoms with Crippen LogP contribution in [0.3, 0.4) is 0 Å². The highest BCUT2D eigenvalue weighted by Gasteiger charge is 2.11. The fraction of sp³-hybridized carbons (Fsp3) is 0.368. The van der Waals surface area contributed by atoms with Gasteiger partial charge in [-0.15, -0.1) is 0 Å². The Kier molecular flexibility index (Phi) is 7.79. The van der Waals surface area contributed by atoms with Gasteiger partial charge in [0.05, 0.1) is 12.8 Å². The van der Waals surface area contributed by atoms with Crippen LogP contribution in [0.1, 0.15) is 32.3 Å². The average Bonchev–Trinajstić information content (AvgIpc) is 3.06. The Hall–Kier alpha value is -2.90. The summed E-state index contributed by atoms with van der Waals surface area (Å²) in [5, 5.41) is 6.94. The van der Waals surface area contributed by atoms with Crippen LogP contribution in [0, 0.1) is 0 Å². The first-order chi connectivity index (χ1) is 13.0. The Morgan fingerprint density at radius 2 is 2.11 bits per heavy atom. The van der Waals surface area contributed by atoms with Gasteiger partial charge in [0, 0.05) is 18.7 Å². The number of aryl methyl sites for hydroxylation is 1. The summed E-state index contributed by atoms with van der Waals surface area (Å²) in [6, 6.07) is 6.21. The van der Waals surface area contributed by atoms with Crippen molar-refractivity contribution in [2.75, 3.05) is 11.9 Å². The van der Waals surface area contributed by atoms with E-state index in [1.807, 2.05) is 0 Å². The number of rotatable bonds is 10. The van der Waals surface area contributed by atoms with Crippen molar-refractivity contribution in [3.8, 4) is 11.5 Å². The van der Waals surface area contributed by atoms with Crippen molar-refractivity contribution >= 4 is 17.8 Å². The van der Waals surface area contributed by atoms with Crippen LogP contribution >= 0.6 is 0 Å². The molecule has 6 nitrogen and oxygen atoms in total. The van der Waals surface area contributed by atoms with Gasteiger partial charge < -0.3 is 14.8 Å². The Labute approximate surface area is 156 Å². The van der Waals surface area contributed by atoms with Crippen LogP contribution in [-0.4, -0.2) is 28.9 Å². The summed E-state index contributed by atoms with van der Waals surface area (Å²) in [6.07, 6.45) is 6.55. The molecule has 0 radical (unpaired) electrons. The largest absolute Gasteiger partial charge is 0.490 e. The molecule has 0 saturated carbocycles. The molecule has 0 spiro atoms. The van der Waals surface area contributed by atoms with Gasteiger partial charge in [0.1, 0.15) is 5.82 Å². The van der Waals surface area contributed by atoms with E-state index >= 15 is 0 Å². The smallest absolute Gasteiger partial charge is 0.387 e. The fourth-order valence-electron chi connectivity index (χ4n) is 2.35. The number of ether oxygens (including phenoxy) is 2.